The molecule has 2 aromatic rings. The van der Waals surface area contributed by atoms with Crippen LogP contribution in [0.25, 0.3) is 0 Å². The molecule has 0 fully saturated rings. The Morgan fingerprint density at radius 1 is 1.07 bits per heavy atom. The maximum atomic E-state index is 13.1. The molecule has 0 radical (unpaired) electrons. The number of urea groups is 1. The third kappa shape index (κ3) is 3.65. The van der Waals surface area contributed by atoms with Crippen molar-refractivity contribution in [1.82, 2.24) is 10.6 Å². The molecule has 0 unspecified atom stereocenters. The van der Waals surface area contributed by atoms with Gasteiger partial charge in [0, 0.05) is 16.9 Å². The van der Waals surface area contributed by atoms with Crippen molar-refractivity contribution in [1.29, 1.82) is 0 Å². The lowest BCUT2D eigenvalue weighted by molar-refractivity contribution is -0.113. The van der Waals surface area contributed by atoms with Crippen molar-refractivity contribution in [3.05, 3.63) is 70.4 Å². The summed E-state index contributed by atoms with van der Waals surface area (Å²) >= 11 is 0. The Morgan fingerprint density at radius 2 is 1.81 bits per heavy atom. The fourth-order valence-corrected chi connectivity index (χ4v) is 3.21. The second-order valence-corrected chi connectivity index (χ2v) is 6.51. The van der Waals surface area contributed by atoms with Gasteiger partial charge in [0.2, 0.25) is 0 Å². The SMILES string of the molecule is COc1ccccc1[C@H]1NC(=O)NC(C)=C1C(=O)Nc1cccc(C)c1C. The highest BCUT2D eigenvalue weighted by Crippen LogP contribution is 2.33. The molecule has 6 heteroatoms. The average molecular weight is 365 g/mol. The summed E-state index contributed by atoms with van der Waals surface area (Å²) in [5.74, 6) is 0.333. The third-order valence-electron chi connectivity index (χ3n) is 4.82. The molecule has 3 amide bonds. The van der Waals surface area contributed by atoms with E-state index in [9.17, 15) is 9.59 Å². The van der Waals surface area contributed by atoms with Gasteiger partial charge >= 0.3 is 6.03 Å². The molecular weight excluding hydrogens is 342 g/mol. The Labute approximate surface area is 158 Å². The lowest BCUT2D eigenvalue weighted by Gasteiger charge is -2.29. The van der Waals surface area contributed by atoms with E-state index in [4.69, 9.17) is 4.74 Å². The number of ether oxygens (including phenoxy) is 1. The number of hydrogen-bond acceptors (Lipinski definition) is 3. The van der Waals surface area contributed by atoms with Gasteiger partial charge in [-0.25, -0.2) is 4.79 Å². The molecule has 0 saturated heterocycles. The van der Waals surface area contributed by atoms with Gasteiger partial charge in [0.15, 0.2) is 0 Å². The lowest BCUT2D eigenvalue weighted by Crippen LogP contribution is -2.46. The fourth-order valence-electron chi connectivity index (χ4n) is 3.21. The molecule has 6 nitrogen and oxygen atoms in total. The van der Waals surface area contributed by atoms with Crippen molar-refractivity contribution in [2.24, 2.45) is 0 Å². The minimum Gasteiger partial charge on any atom is -0.496 e. The van der Waals surface area contributed by atoms with Gasteiger partial charge in [-0.1, -0.05) is 30.3 Å². The summed E-state index contributed by atoms with van der Waals surface area (Å²) in [6.45, 7) is 5.68. The van der Waals surface area contributed by atoms with Crippen molar-refractivity contribution in [2.45, 2.75) is 26.8 Å². The predicted molar refractivity (Wildman–Crippen MR) is 105 cm³/mol. The van der Waals surface area contributed by atoms with E-state index >= 15 is 0 Å². The Kier molecular flexibility index (Phi) is 5.16. The van der Waals surface area contributed by atoms with E-state index < -0.39 is 6.04 Å². The van der Waals surface area contributed by atoms with Crippen molar-refractivity contribution >= 4 is 17.6 Å². The van der Waals surface area contributed by atoms with Gasteiger partial charge < -0.3 is 20.7 Å². The van der Waals surface area contributed by atoms with Crippen LogP contribution >= 0.6 is 0 Å². The van der Waals surface area contributed by atoms with E-state index in [1.165, 1.54) is 0 Å². The molecule has 1 aliphatic rings. The number of hydrogen-bond donors (Lipinski definition) is 3. The first kappa shape index (κ1) is 18.5. The number of carbonyl (C=O) groups excluding carboxylic acids is 2. The standard InChI is InChI=1S/C21H23N3O3/c1-12-8-7-10-16(13(12)2)23-20(25)18-14(3)22-21(26)24-19(18)15-9-5-6-11-17(15)27-4/h5-11,19H,1-4H3,(H,23,25)(H2,22,24,26)/t19-/m1/s1. The number of rotatable bonds is 4. The van der Waals surface area contributed by atoms with Gasteiger partial charge in [0.05, 0.1) is 18.7 Å². The lowest BCUT2D eigenvalue weighted by atomic mass is 9.94. The maximum absolute atomic E-state index is 13.1. The summed E-state index contributed by atoms with van der Waals surface area (Å²) in [7, 11) is 1.56. The molecule has 1 heterocycles. The first-order valence-corrected chi connectivity index (χ1v) is 8.71. The molecule has 0 spiro atoms. The van der Waals surface area contributed by atoms with Crippen molar-refractivity contribution in [3.63, 3.8) is 0 Å². The van der Waals surface area contributed by atoms with Crippen LogP contribution in [0.3, 0.4) is 0 Å². The molecule has 1 atom stereocenters. The van der Waals surface area contributed by atoms with Crippen LogP contribution in [0.4, 0.5) is 10.5 Å². The highest BCUT2D eigenvalue weighted by Gasteiger charge is 2.33. The van der Waals surface area contributed by atoms with Crippen LogP contribution in [-0.2, 0) is 4.79 Å². The Bertz CT molecular complexity index is 934. The highest BCUT2D eigenvalue weighted by molar-refractivity contribution is 6.07. The van der Waals surface area contributed by atoms with Crippen molar-refractivity contribution in [2.75, 3.05) is 12.4 Å². The number of methoxy groups -OCH3 is 1. The van der Waals surface area contributed by atoms with Crippen LogP contribution in [-0.4, -0.2) is 19.0 Å². The van der Waals surface area contributed by atoms with E-state index in [0.29, 0.717) is 17.0 Å². The fraction of sp³-hybridized carbons (Fsp3) is 0.238. The average Bonchev–Trinajstić information content (AvgIpc) is 2.64. The van der Waals surface area contributed by atoms with Crippen molar-refractivity contribution < 1.29 is 14.3 Å². The Hall–Kier alpha value is -3.28. The number of amides is 3. The van der Waals surface area contributed by atoms with Crippen LogP contribution in [0.2, 0.25) is 0 Å². The molecule has 3 N–H and O–H groups in total. The van der Waals surface area contributed by atoms with Crippen molar-refractivity contribution in [3.8, 4) is 5.75 Å². The molecule has 0 saturated carbocycles. The molecule has 0 bridgehead atoms. The number of benzene rings is 2. The van der Waals surface area contributed by atoms with E-state index in [1.54, 1.807) is 20.1 Å². The normalized spacial score (nSPS) is 16.4. The van der Waals surface area contributed by atoms with Crippen LogP contribution < -0.4 is 20.7 Å². The first-order chi connectivity index (χ1) is 12.9. The summed E-state index contributed by atoms with van der Waals surface area (Å²) in [6, 6.07) is 12.1. The quantitative estimate of drug-likeness (QED) is 0.775. The molecule has 0 aromatic heterocycles. The van der Waals surface area contributed by atoms with Crippen LogP contribution in [0.5, 0.6) is 5.75 Å². The van der Waals surface area contributed by atoms with Crippen LogP contribution in [0.15, 0.2) is 53.7 Å². The monoisotopic (exact) mass is 365 g/mol. The summed E-state index contributed by atoms with van der Waals surface area (Å²) < 4.78 is 5.42. The largest absolute Gasteiger partial charge is 0.496 e. The van der Waals surface area contributed by atoms with E-state index in [2.05, 4.69) is 16.0 Å². The zero-order chi connectivity index (χ0) is 19.6. The number of para-hydroxylation sites is 1. The van der Waals surface area contributed by atoms with Gasteiger partial charge in [-0.3, -0.25) is 4.79 Å². The summed E-state index contributed by atoms with van der Waals surface area (Å²) in [6.07, 6.45) is 0. The number of nitrogens with one attached hydrogen (secondary N) is 3. The maximum Gasteiger partial charge on any atom is 0.319 e. The van der Waals surface area contributed by atoms with Crippen LogP contribution in [0, 0.1) is 13.8 Å². The highest BCUT2D eigenvalue weighted by atomic mass is 16.5. The van der Waals surface area contributed by atoms with Crippen LogP contribution in [0.1, 0.15) is 29.7 Å². The second-order valence-electron chi connectivity index (χ2n) is 6.51. The molecular formula is C21H23N3O3. The second kappa shape index (κ2) is 7.53. The zero-order valence-corrected chi connectivity index (χ0v) is 15.8. The number of aryl methyl sites for hydroxylation is 1. The number of anilines is 1. The molecule has 27 heavy (non-hydrogen) atoms. The first-order valence-electron chi connectivity index (χ1n) is 8.71. The molecule has 140 valence electrons. The van der Waals surface area contributed by atoms with Gasteiger partial charge in [0.25, 0.3) is 5.91 Å². The Morgan fingerprint density at radius 3 is 2.56 bits per heavy atom. The summed E-state index contributed by atoms with van der Waals surface area (Å²) in [5.41, 5.74) is 4.52. The van der Waals surface area contributed by atoms with Gasteiger partial charge in [-0.15, -0.1) is 0 Å². The number of carbonyl (C=O) groups is 2. The van der Waals surface area contributed by atoms with Gasteiger partial charge in [0.1, 0.15) is 5.75 Å². The summed E-state index contributed by atoms with van der Waals surface area (Å²) in [4.78, 5) is 25.2. The van der Waals surface area contributed by atoms with E-state index in [-0.39, 0.29) is 11.9 Å². The van der Waals surface area contributed by atoms with Gasteiger partial charge in [-0.05, 0) is 44.0 Å². The van der Waals surface area contributed by atoms with E-state index in [1.807, 2.05) is 50.2 Å². The topological polar surface area (TPSA) is 79.5 Å². The summed E-state index contributed by atoms with van der Waals surface area (Å²) in [5, 5.41) is 8.49. The molecule has 3 rings (SSSR count). The molecule has 2 aromatic carbocycles. The number of allylic oxidation sites excluding steroid dienone is 1. The zero-order valence-electron chi connectivity index (χ0n) is 15.8. The Balaban J connectivity index is 2.01. The minimum atomic E-state index is -0.611. The smallest absolute Gasteiger partial charge is 0.319 e. The molecule has 1 aliphatic heterocycles. The van der Waals surface area contributed by atoms with Gasteiger partial charge in [-0.2, -0.15) is 0 Å². The predicted octanol–water partition coefficient (Wildman–Crippen LogP) is 3.58. The minimum absolute atomic E-state index is 0.274. The van der Waals surface area contributed by atoms with E-state index in [0.717, 1.165) is 22.4 Å². The third-order valence-corrected chi connectivity index (χ3v) is 4.82. The molecule has 0 aliphatic carbocycles.